The zero-order valence-electron chi connectivity index (χ0n) is 13.0. The Bertz CT molecular complexity index is 957. The van der Waals surface area contributed by atoms with E-state index in [-0.39, 0.29) is 40.2 Å². The molecule has 0 aliphatic rings. The molecule has 5 heteroatoms. The number of rotatable bonds is 4. The Kier molecular flexibility index (Phi) is 4.08. The molecule has 0 radical (unpaired) electrons. The number of carbonyl (C=O) groups is 1. The van der Waals surface area contributed by atoms with E-state index in [0.29, 0.717) is 5.56 Å². The van der Waals surface area contributed by atoms with Crippen molar-refractivity contribution in [1.82, 2.24) is 0 Å². The molecular weight excluding hydrogens is 308 g/mol. The summed E-state index contributed by atoms with van der Waals surface area (Å²) in [5.41, 5.74) is 0.0621. The number of hydrogen-bond donors (Lipinski definition) is 2. The van der Waals surface area contributed by atoms with Crippen molar-refractivity contribution in [2.24, 2.45) is 0 Å². The van der Waals surface area contributed by atoms with E-state index >= 15 is 0 Å². The molecule has 0 unspecified atom stereocenters. The van der Waals surface area contributed by atoms with Crippen LogP contribution >= 0.6 is 0 Å². The molecule has 0 amide bonds. The number of phenolic OH excluding ortho intramolecular Hbond substituents is 1. The maximum absolute atomic E-state index is 12.4. The number of fused-ring (bicyclic) bond motifs is 1. The molecule has 0 fully saturated rings. The van der Waals surface area contributed by atoms with E-state index in [1.54, 1.807) is 24.3 Å². The second kappa shape index (κ2) is 6.20. The lowest BCUT2D eigenvalue weighted by atomic mass is 9.87. The standard InChI is InChI=1S/C19H16O5/c1-11(20)10-13(12-6-3-2-4-7-12)16-18(22)17-14(21)8-5-9-15(17)24-19(16)23/h2-9,13,21-22H,10H2,1H3/t13-/m0/s1. The van der Waals surface area contributed by atoms with Crippen LogP contribution in [0.15, 0.2) is 57.7 Å². The fraction of sp³-hybridized carbons (Fsp3) is 0.158. The zero-order valence-corrected chi connectivity index (χ0v) is 13.0. The van der Waals surface area contributed by atoms with E-state index in [9.17, 15) is 19.8 Å². The van der Waals surface area contributed by atoms with Crippen LogP contribution in [0.3, 0.4) is 0 Å². The maximum Gasteiger partial charge on any atom is 0.343 e. The van der Waals surface area contributed by atoms with E-state index in [0.717, 1.165) is 0 Å². The van der Waals surface area contributed by atoms with Gasteiger partial charge in [-0.2, -0.15) is 0 Å². The predicted octanol–water partition coefficient (Wildman–Crippen LogP) is 3.32. The van der Waals surface area contributed by atoms with E-state index in [1.165, 1.54) is 25.1 Å². The van der Waals surface area contributed by atoms with Crippen molar-refractivity contribution in [3.8, 4) is 11.5 Å². The minimum absolute atomic E-state index is 0.0228. The largest absolute Gasteiger partial charge is 0.507 e. The first-order chi connectivity index (χ1) is 11.5. The van der Waals surface area contributed by atoms with Gasteiger partial charge in [0, 0.05) is 12.3 Å². The zero-order chi connectivity index (χ0) is 17.3. The van der Waals surface area contributed by atoms with Crippen LogP contribution in [0.1, 0.15) is 30.4 Å². The van der Waals surface area contributed by atoms with Gasteiger partial charge in [0.2, 0.25) is 0 Å². The minimum Gasteiger partial charge on any atom is -0.507 e. The first-order valence-corrected chi connectivity index (χ1v) is 7.51. The van der Waals surface area contributed by atoms with Crippen molar-refractivity contribution < 1.29 is 19.4 Å². The molecule has 3 rings (SSSR count). The van der Waals surface area contributed by atoms with Crippen molar-refractivity contribution >= 4 is 16.8 Å². The summed E-state index contributed by atoms with van der Waals surface area (Å²) in [6, 6.07) is 13.4. The second-order valence-electron chi connectivity index (χ2n) is 5.67. The van der Waals surface area contributed by atoms with Crippen molar-refractivity contribution in [2.75, 3.05) is 0 Å². The lowest BCUT2D eigenvalue weighted by Gasteiger charge is -2.17. The summed E-state index contributed by atoms with van der Waals surface area (Å²) in [5.74, 6) is -1.32. The summed E-state index contributed by atoms with van der Waals surface area (Å²) >= 11 is 0. The Balaban J connectivity index is 2.30. The minimum atomic E-state index is -0.722. The van der Waals surface area contributed by atoms with E-state index in [2.05, 4.69) is 0 Å². The van der Waals surface area contributed by atoms with Crippen molar-refractivity contribution in [3.63, 3.8) is 0 Å². The molecule has 2 N–H and O–H groups in total. The summed E-state index contributed by atoms with van der Waals surface area (Å²) in [6.45, 7) is 1.42. The number of hydrogen-bond acceptors (Lipinski definition) is 5. The van der Waals surface area contributed by atoms with Gasteiger partial charge in [-0.3, -0.25) is 4.79 Å². The quantitative estimate of drug-likeness (QED) is 0.719. The summed E-state index contributed by atoms with van der Waals surface area (Å²) in [6.07, 6.45) is 0.0431. The van der Waals surface area contributed by atoms with Gasteiger partial charge in [-0.1, -0.05) is 36.4 Å². The number of Topliss-reactive ketones (excluding diaryl/α,β-unsaturated/α-hetero) is 1. The Morgan fingerprint density at radius 2 is 1.79 bits per heavy atom. The molecule has 1 aromatic heterocycles. The summed E-state index contributed by atoms with van der Waals surface area (Å²) < 4.78 is 5.25. The number of carbonyl (C=O) groups excluding carboxylic acids is 1. The van der Waals surface area contributed by atoms with Gasteiger partial charge in [-0.05, 0) is 24.6 Å². The fourth-order valence-corrected chi connectivity index (χ4v) is 2.90. The smallest absolute Gasteiger partial charge is 0.343 e. The van der Waals surface area contributed by atoms with Crippen molar-refractivity contribution in [3.05, 3.63) is 70.1 Å². The highest BCUT2D eigenvalue weighted by Crippen LogP contribution is 2.39. The average Bonchev–Trinajstić information content (AvgIpc) is 2.54. The van der Waals surface area contributed by atoms with Gasteiger partial charge >= 0.3 is 5.63 Å². The van der Waals surface area contributed by atoms with Crippen LogP contribution in [0.2, 0.25) is 0 Å². The van der Waals surface area contributed by atoms with E-state index in [1.807, 2.05) is 6.07 Å². The molecule has 0 aliphatic carbocycles. The van der Waals surface area contributed by atoms with Gasteiger partial charge < -0.3 is 14.6 Å². The van der Waals surface area contributed by atoms with Gasteiger partial charge in [0.25, 0.3) is 0 Å². The molecule has 0 spiro atoms. The molecule has 24 heavy (non-hydrogen) atoms. The van der Waals surface area contributed by atoms with Crippen LogP contribution in [0, 0.1) is 0 Å². The lowest BCUT2D eigenvalue weighted by molar-refractivity contribution is -0.117. The summed E-state index contributed by atoms with van der Waals surface area (Å²) in [4.78, 5) is 24.1. The monoisotopic (exact) mass is 324 g/mol. The first kappa shape index (κ1) is 15.8. The predicted molar refractivity (Wildman–Crippen MR) is 89.4 cm³/mol. The first-order valence-electron chi connectivity index (χ1n) is 7.51. The molecule has 1 heterocycles. The van der Waals surface area contributed by atoms with Crippen LogP contribution in [0.5, 0.6) is 11.5 Å². The molecule has 2 aromatic carbocycles. The van der Waals surface area contributed by atoms with Gasteiger partial charge in [0.1, 0.15) is 28.3 Å². The Morgan fingerprint density at radius 3 is 2.46 bits per heavy atom. The molecule has 1 atom stereocenters. The topological polar surface area (TPSA) is 87.7 Å². The third kappa shape index (κ3) is 2.76. The lowest BCUT2D eigenvalue weighted by Crippen LogP contribution is -2.16. The maximum atomic E-state index is 12.4. The van der Waals surface area contributed by atoms with Gasteiger partial charge in [0.05, 0.1) is 5.56 Å². The summed E-state index contributed by atoms with van der Waals surface area (Å²) in [5, 5.41) is 20.7. The number of phenols is 1. The molecule has 0 aliphatic heterocycles. The van der Waals surface area contributed by atoms with Crippen LogP contribution < -0.4 is 5.63 Å². The van der Waals surface area contributed by atoms with E-state index < -0.39 is 11.5 Å². The van der Waals surface area contributed by atoms with Gasteiger partial charge in [-0.15, -0.1) is 0 Å². The van der Waals surface area contributed by atoms with E-state index in [4.69, 9.17) is 4.42 Å². The van der Waals surface area contributed by atoms with Crippen LogP contribution in [0.25, 0.3) is 11.0 Å². The Hall–Kier alpha value is -3.08. The fourth-order valence-electron chi connectivity index (χ4n) is 2.90. The molecule has 5 nitrogen and oxygen atoms in total. The molecule has 0 saturated carbocycles. The van der Waals surface area contributed by atoms with Crippen molar-refractivity contribution in [1.29, 1.82) is 0 Å². The average molecular weight is 324 g/mol. The number of benzene rings is 2. The Labute approximate surface area is 137 Å². The third-order valence-electron chi connectivity index (χ3n) is 3.96. The second-order valence-corrected chi connectivity index (χ2v) is 5.67. The van der Waals surface area contributed by atoms with Gasteiger partial charge in [-0.25, -0.2) is 4.79 Å². The van der Waals surface area contributed by atoms with Crippen molar-refractivity contribution in [2.45, 2.75) is 19.3 Å². The van der Waals surface area contributed by atoms with Gasteiger partial charge in [0.15, 0.2) is 0 Å². The normalized spacial score (nSPS) is 12.2. The number of ketones is 1. The molecule has 0 bridgehead atoms. The SMILES string of the molecule is CC(=O)C[C@@H](c1ccccc1)c1c(O)c2c(O)cccc2oc1=O. The highest BCUT2D eigenvalue weighted by atomic mass is 16.4. The molecular formula is C19H16O5. The number of aromatic hydroxyl groups is 2. The highest BCUT2D eigenvalue weighted by molar-refractivity contribution is 5.90. The molecule has 0 saturated heterocycles. The van der Waals surface area contributed by atoms with Crippen LogP contribution in [-0.2, 0) is 4.79 Å². The highest BCUT2D eigenvalue weighted by Gasteiger charge is 2.26. The summed E-state index contributed by atoms with van der Waals surface area (Å²) in [7, 11) is 0. The molecule has 3 aromatic rings. The van der Waals surface area contributed by atoms with Crippen LogP contribution in [-0.4, -0.2) is 16.0 Å². The molecule has 122 valence electrons. The Morgan fingerprint density at radius 1 is 1.08 bits per heavy atom. The van der Waals surface area contributed by atoms with Crippen LogP contribution in [0.4, 0.5) is 0 Å². The third-order valence-corrected chi connectivity index (χ3v) is 3.96.